The van der Waals surface area contributed by atoms with Gasteiger partial charge in [0.1, 0.15) is 0 Å². The molecule has 0 aliphatic heterocycles. The zero-order valence-corrected chi connectivity index (χ0v) is 13.8. The van der Waals surface area contributed by atoms with Gasteiger partial charge in [0.2, 0.25) is 0 Å². The summed E-state index contributed by atoms with van der Waals surface area (Å²) in [6.07, 6.45) is -7.91. The van der Waals surface area contributed by atoms with Crippen molar-refractivity contribution in [2.24, 2.45) is 17.8 Å². The Hall–Kier alpha value is -0.910. The molecule has 0 amide bonds. The van der Waals surface area contributed by atoms with E-state index in [0.717, 1.165) is 6.92 Å². The molecule has 1 rings (SSSR count). The zero-order valence-electron chi connectivity index (χ0n) is 13.8. The third kappa shape index (κ3) is 3.16. The van der Waals surface area contributed by atoms with E-state index >= 15 is 0 Å². The van der Waals surface area contributed by atoms with Crippen LogP contribution < -0.4 is 0 Å². The summed E-state index contributed by atoms with van der Waals surface area (Å²) in [7, 11) is 0. The first-order valence-corrected chi connectivity index (χ1v) is 7.67. The molecule has 3 atom stereocenters. The molecule has 0 nitrogen and oxygen atoms in total. The highest BCUT2D eigenvalue weighted by Crippen LogP contribution is 2.63. The molecule has 1 aliphatic rings. The lowest BCUT2D eigenvalue weighted by atomic mass is 9.78. The fourth-order valence-corrected chi connectivity index (χ4v) is 3.40. The summed E-state index contributed by atoms with van der Waals surface area (Å²) in [5.74, 6) is -41.6. The van der Waals surface area contributed by atoms with E-state index < -0.39 is 53.5 Å². The van der Waals surface area contributed by atoms with Crippen molar-refractivity contribution in [2.75, 3.05) is 0 Å². The number of halogens is 13. The van der Waals surface area contributed by atoms with Gasteiger partial charge in [0, 0.05) is 5.92 Å². The van der Waals surface area contributed by atoms with Crippen LogP contribution in [0.2, 0.25) is 0 Å². The number of alkyl halides is 13. The molecule has 0 radical (unpaired) electrons. The predicted octanol–water partition coefficient (Wildman–Crippen LogP) is 6.80. The van der Waals surface area contributed by atoms with Crippen molar-refractivity contribution in [1.29, 1.82) is 0 Å². The van der Waals surface area contributed by atoms with Crippen LogP contribution >= 0.6 is 0 Å². The van der Waals surface area contributed by atoms with Gasteiger partial charge in [0.25, 0.3) is 0 Å². The fraction of sp³-hybridized carbons (Fsp3) is 1.00. The minimum Gasteiger partial charge on any atom is -0.199 e. The lowest BCUT2D eigenvalue weighted by Gasteiger charge is -2.43. The molecule has 162 valence electrons. The molecular formula is C14H15F13. The van der Waals surface area contributed by atoms with E-state index in [1.165, 1.54) is 6.92 Å². The average Bonchev–Trinajstić information content (AvgIpc) is 2.86. The highest BCUT2D eigenvalue weighted by molar-refractivity contribution is 5.12. The monoisotopic (exact) mass is 430 g/mol. The molecule has 0 aromatic carbocycles. The van der Waals surface area contributed by atoms with Crippen LogP contribution in [-0.2, 0) is 0 Å². The third-order valence-corrected chi connectivity index (χ3v) is 5.01. The lowest BCUT2D eigenvalue weighted by molar-refractivity contribution is -0.444. The molecule has 0 N–H and O–H groups in total. The van der Waals surface area contributed by atoms with Crippen LogP contribution in [0.1, 0.15) is 33.1 Å². The molecule has 13 heteroatoms. The number of hydrogen-bond acceptors (Lipinski definition) is 0. The zero-order chi connectivity index (χ0) is 21.9. The maximum absolute atomic E-state index is 14.2. The van der Waals surface area contributed by atoms with Crippen LogP contribution in [0.25, 0.3) is 0 Å². The molecule has 3 unspecified atom stereocenters. The molecule has 0 spiro atoms. The standard InChI is InChI=1S/C14H15F13/c1-3-7-5-4-6(2)8(7)9(15,16)10(17,18)11(19,20)12(21,22)13(23,24)14(25,26)27/h6-8H,3-5H2,1-2H3. The largest absolute Gasteiger partial charge is 0.460 e. The summed E-state index contributed by atoms with van der Waals surface area (Å²) in [5.41, 5.74) is 0. The summed E-state index contributed by atoms with van der Waals surface area (Å²) in [6, 6.07) is 0. The predicted molar refractivity (Wildman–Crippen MR) is 66.5 cm³/mol. The van der Waals surface area contributed by atoms with Gasteiger partial charge in [-0.3, -0.25) is 0 Å². The Morgan fingerprint density at radius 3 is 1.41 bits per heavy atom. The number of hydrogen-bond donors (Lipinski definition) is 0. The molecular weight excluding hydrogens is 415 g/mol. The summed E-state index contributed by atoms with van der Waals surface area (Å²) in [5, 5.41) is 0. The van der Waals surface area contributed by atoms with Crippen LogP contribution in [0.3, 0.4) is 0 Å². The van der Waals surface area contributed by atoms with Crippen LogP contribution in [0.5, 0.6) is 0 Å². The van der Waals surface area contributed by atoms with E-state index in [1.54, 1.807) is 0 Å². The summed E-state index contributed by atoms with van der Waals surface area (Å²) >= 11 is 0. The summed E-state index contributed by atoms with van der Waals surface area (Å²) in [4.78, 5) is 0. The van der Waals surface area contributed by atoms with Crippen LogP contribution in [0, 0.1) is 17.8 Å². The van der Waals surface area contributed by atoms with E-state index in [0.29, 0.717) is 0 Å². The van der Waals surface area contributed by atoms with Gasteiger partial charge in [-0.2, -0.15) is 57.1 Å². The maximum Gasteiger partial charge on any atom is 0.460 e. The summed E-state index contributed by atoms with van der Waals surface area (Å²) < 4.78 is 171. The normalized spacial score (nSPS) is 26.6. The van der Waals surface area contributed by atoms with Gasteiger partial charge in [-0.15, -0.1) is 0 Å². The van der Waals surface area contributed by atoms with Gasteiger partial charge in [-0.05, 0) is 24.7 Å². The smallest absolute Gasteiger partial charge is 0.199 e. The van der Waals surface area contributed by atoms with Crippen molar-refractivity contribution in [3.05, 3.63) is 0 Å². The Kier molecular flexibility index (Phi) is 5.87. The average molecular weight is 430 g/mol. The highest BCUT2D eigenvalue weighted by atomic mass is 19.4. The topological polar surface area (TPSA) is 0 Å². The van der Waals surface area contributed by atoms with Crippen LogP contribution in [0.15, 0.2) is 0 Å². The van der Waals surface area contributed by atoms with Crippen LogP contribution in [-0.4, -0.2) is 35.8 Å². The second-order valence-corrected chi connectivity index (χ2v) is 6.67. The Morgan fingerprint density at radius 2 is 1.04 bits per heavy atom. The first-order valence-electron chi connectivity index (χ1n) is 7.67. The first kappa shape index (κ1) is 24.1. The molecule has 0 heterocycles. The Morgan fingerprint density at radius 1 is 0.630 bits per heavy atom. The first-order chi connectivity index (χ1) is 11.7. The van der Waals surface area contributed by atoms with Crippen molar-refractivity contribution in [3.63, 3.8) is 0 Å². The van der Waals surface area contributed by atoms with Gasteiger partial charge < -0.3 is 0 Å². The fourth-order valence-electron chi connectivity index (χ4n) is 3.40. The maximum atomic E-state index is 14.2. The van der Waals surface area contributed by atoms with E-state index in [1.807, 2.05) is 0 Å². The molecule has 0 saturated heterocycles. The second-order valence-electron chi connectivity index (χ2n) is 6.67. The number of rotatable bonds is 6. The van der Waals surface area contributed by atoms with Gasteiger partial charge in [-0.1, -0.05) is 20.3 Å². The minimum atomic E-state index is -7.82. The van der Waals surface area contributed by atoms with Crippen molar-refractivity contribution >= 4 is 0 Å². The van der Waals surface area contributed by atoms with Gasteiger partial charge in [-0.25, -0.2) is 0 Å². The summed E-state index contributed by atoms with van der Waals surface area (Å²) in [6.45, 7) is 2.18. The quantitative estimate of drug-likeness (QED) is 0.407. The molecule has 1 saturated carbocycles. The lowest BCUT2D eigenvalue weighted by Crippen LogP contribution is -2.71. The van der Waals surface area contributed by atoms with Gasteiger partial charge >= 0.3 is 35.8 Å². The second kappa shape index (κ2) is 6.57. The highest BCUT2D eigenvalue weighted by Gasteiger charge is 2.91. The molecule has 27 heavy (non-hydrogen) atoms. The molecule has 1 fully saturated rings. The molecule has 0 aromatic heterocycles. The van der Waals surface area contributed by atoms with E-state index in [4.69, 9.17) is 0 Å². The molecule has 0 aromatic rings. The third-order valence-electron chi connectivity index (χ3n) is 5.01. The van der Waals surface area contributed by atoms with Crippen LogP contribution in [0.4, 0.5) is 57.1 Å². The van der Waals surface area contributed by atoms with Crippen molar-refractivity contribution in [2.45, 2.75) is 68.9 Å². The van der Waals surface area contributed by atoms with E-state index in [2.05, 4.69) is 0 Å². The van der Waals surface area contributed by atoms with Gasteiger partial charge in [0.15, 0.2) is 0 Å². The Bertz CT molecular complexity index is 534. The Labute approximate surface area is 145 Å². The SMILES string of the molecule is CCC1CCC(C)C1C(F)(F)C(F)(F)C(F)(F)C(F)(F)C(F)(F)C(F)(F)F. The van der Waals surface area contributed by atoms with Crippen molar-refractivity contribution < 1.29 is 57.1 Å². The Balaban J connectivity index is 3.50. The van der Waals surface area contributed by atoms with Crippen molar-refractivity contribution in [3.8, 4) is 0 Å². The van der Waals surface area contributed by atoms with Gasteiger partial charge in [0.05, 0.1) is 0 Å². The van der Waals surface area contributed by atoms with Crippen molar-refractivity contribution in [1.82, 2.24) is 0 Å². The van der Waals surface area contributed by atoms with E-state index in [9.17, 15) is 57.1 Å². The van der Waals surface area contributed by atoms with E-state index in [-0.39, 0.29) is 19.3 Å². The molecule has 0 bridgehead atoms. The molecule has 1 aliphatic carbocycles. The minimum absolute atomic E-state index is 0.144.